The molecule has 12 heteroatoms. The quantitative estimate of drug-likeness (QED) is 0.302. The molecule has 0 aromatic heterocycles. The predicted molar refractivity (Wildman–Crippen MR) is 68.9 cm³/mol. The van der Waals surface area contributed by atoms with Gasteiger partial charge in [0.05, 0.1) is 6.61 Å². The summed E-state index contributed by atoms with van der Waals surface area (Å²) >= 11 is 0. The lowest BCUT2D eigenvalue weighted by Gasteiger charge is -2.25. The Hall–Kier alpha value is -2.66. The van der Waals surface area contributed by atoms with Gasteiger partial charge in [-0.15, -0.1) is 0 Å². The van der Waals surface area contributed by atoms with Gasteiger partial charge in [-0.1, -0.05) is 20.8 Å². The lowest BCUT2D eigenvalue weighted by molar-refractivity contribution is -0.487. The summed E-state index contributed by atoms with van der Waals surface area (Å²) in [4.78, 5) is 20.1. The SMILES string of the molecule is CC(C)C(OC(O)=N[N+](=O)[O-])C(C)COC(O)=N[N+](=O)[O-]. The zero-order valence-electron chi connectivity index (χ0n) is 11.6. The van der Waals surface area contributed by atoms with E-state index in [-0.39, 0.29) is 12.5 Å². The maximum Gasteiger partial charge on any atom is 0.452 e. The Bertz CT molecular complexity index is 435. The topological polar surface area (TPSA) is 170 Å². The van der Waals surface area contributed by atoms with Gasteiger partial charge in [-0.05, 0) is 5.92 Å². The van der Waals surface area contributed by atoms with Crippen LogP contribution in [0.2, 0.25) is 0 Å². The van der Waals surface area contributed by atoms with Crippen LogP contribution < -0.4 is 0 Å². The molecule has 2 unspecified atom stereocenters. The van der Waals surface area contributed by atoms with Crippen molar-refractivity contribution >= 4 is 12.2 Å². The third-order valence-corrected chi connectivity index (χ3v) is 2.27. The number of hydrazone groups is 2. The van der Waals surface area contributed by atoms with Crippen molar-refractivity contribution < 1.29 is 29.8 Å². The highest BCUT2D eigenvalue weighted by Crippen LogP contribution is 2.17. The fraction of sp³-hybridized carbons (Fsp3) is 0.778. The van der Waals surface area contributed by atoms with E-state index in [0.29, 0.717) is 0 Å². The number of aliphatic hydroxyl groups excluding tert-OH is 2. The molecule has 0 aliphatic heterocycles. The van der Waals surface area contributed by atoms with Gasteiger partial charge in [0.15, 0.2) is 10.1 Å². The smallest absolute Gasteiger partial charge is 0.452 e. The molecule has 0 amide bonds. The minimum Gasteiger partial charge on any atom is -0.462 e. The molecular formula is C9H16N4O8. The Morgan fingerprint density at radius 3 is 2.00 bits per heavy atom. The second-order valence-electron chi connectivity index (χ2n) is 4.36. The molecule has 12 nitrogen and oxygen atoms in total. The minimum atomic E-state index is -1.13. The van der Waals surface area contributed by atoms with Crippen molar-refractivity contribution in [2.75, 3.05) is 6.61 Å². The second kappa shape index (κ2) is 8.50. The molecule has 0 aliphatic rings. The monoisotopic (exact) mass is 308 g/mol. The van der Waals surface area contributed by atoms with Crippen LogP contribution in [-0.2, 0) is 9.47 Å². The molecule has 0 spiro atoms. The number of nitrogens with zero attached hydrogens (tertiary/aromatic N) is 4. The fourth-order valence-electron chi connectivity index (χ4n) is 1.52. The molecule has 120 valence electrons. The van der Waals surface area contributed by atoms with Gasteiger partial charge < -0.3 is 19.7 Å². The van der Waals surface area contributed by atoms with Crippen LogP contribution in [0, 0.1) is 32.1 Å². The molecule has 21 heavy (non-hydrogen) atoms. The number of hydrogen-bond acceptors (Lipinski definition) is 6. The molecule has 2 atom stereocenters. The first-order valence-corrected chi connectivity index (χ1v) is 5.76. The van der Waals surface area contributed by atoms with Crippen LogP contribution in [0.3, 0.4) is 0 Å². The van der Waals surface area contributed by atoms with Gasteiger partial charge in [0.1, 0.15) is 16.3 Å². The van der Waals surface area contributed by atoms with Crippen LogP contribution in [-0.4, -0.2) is 45.2 Å². The number of aliphatic hydroxyl groups is 2. The number of ether oxygens (including phenoxy) is 2. The number of rotatable bonds is 7. The molecule has 0 saturated heterocycles. The maximum absolute atomic E-state index is 10.1. The molecule has 0 saturated carbocycles. The van der Waals surface area contributed by atoms with Crippen LogP contribution in [0.5, 0.6) is 0 Å². The first-order valence-electron chi connectivity index (χ1n) is 5.76. The number of hydrogen-bond donors (Lipinski definition) is 2. The van der Waals surface area contributed by atoms with Crippen molar-refractivity contribution in [3.8, 4) is 0 Å². The fourth-order valence-corrected chi connectivity index (χ4v) is 1.52. The summed E-state index contributed by atoms with van der Waals surface area (Å²) < 4.78 is 9.56. The van der Waals surface area contributed by atoms with Gasteiger partial charge in [0, 0.05) is 5.92 Å². The van der Waals surface area contributed by atoms with Crippen LogP contribution in [0.1, 0.15) is 20.8 Å². The van der Waals surface area contributed by atoms with Gasteiger partial charge in [-0.3, -0.25) is 0 Å². The average Bonchev–Trinajstić information content (AvgIpc) is 2.30. The third-order valence-electron chi connectivity index (χ3n) is 2.27. The standard InChI is InChI=1S/C9H16N4O8/c1-5(2)7(21-9(15)11-13(18)19)6(3)4-20-8(14)10-12(16)17/h5-7H,4H2,1-3H3,(H,10,14)(H,11,15). The van der Waals surface area contributed by atoms with E-state index in [0.717, 1.165) is 0 Å². The van der Waals surface area contributed by atoms with Crippen molar-refractivity contribution in [1.29, 1.82) is 0 Å². The van der Waals surface area contributed by atoms with Crippen LogP contribution >= 0.6 is 0 Å². The van der Waals surface area contributed by atoms with E-state index >= 15 is 0 Å². The Balaban J connectivity index is 4.67. The van der Waals surface area contributed by atoms with E-state index in [1.54, 1.807) is 20.8 Å². The summed E-state index contributed by atoms with van der Waals surface area (Å²) in [5.74, 6) is -0.680. The Morgan fingerprint density at radius 1 is 1.10 bits per heavy atom. The van der Waals surface area contributed by atoms with Crippen LogP contribution in [0.25, 0.3) is 0 Å². The predicted octanol–water partition coefficient (Wildman–Crippen LogP) is 0.892. The molecule has 0 aromatic carbocycles. The largest absolute Gasteiger partial charge is 0.462 e. The molecule has 2 N–H and O–H groups in total. The highest BCUT2D eigenvalue weighted by atomic mass is 16.7. The molecule has 0 heterocycles. The van der Waals surface area contributed by atoms with Gasteiger partial charge >= 0.3 is 12.2 Å². The zero-order chi connectivity index (χ0) is 16.6. The summed E-state index contributed by atoms with van der Waals surface area (Å²) in [6.07, 6.45) is -2.98. The number of nitro groups is 2. The molecule has 0 bridgehead atoms. The first kappa shape index (κ1) is 18.3. The molecule has 0 aliphatic carbocycles. The van der Waals surface area contributed by atoms with Crippen LogP contribution in [0.15, 0.2) is 10.2 Å². The van der Waals surface area contributed by atoms with E-state index in [4.69, 9.17) is 14.9 Å². The zero-order valence-corrected chi connectivity index (χ0v) is 11.6. The Labute approximate surface area is 119 Å². The molecule has 0 rings (SSSR count). The summed E-state index contributed by atoms with van der Waals surface area (Å²) in [6.45, 7) is 4.79. The molecular weight excluding hydrogens is 292 g/mol. The minimum absolute atomic E-state index is 0.192. The highest BCUT2D eigenvalue weighted by Gasteiger charge is 2.26. The van der Waals surface area contributed by atoms with E-state index in [9.17, 15) is 20.2 Å². The second-order valence-corrected chi connectivity index (χ2v) is 4.36. The van der Waals surface area contributed by atoms with Gasteiger partial charge in [-0.25, -0.2) is 20.2 Å². The van der Waals surface area contributed by atoms with E-state index in [1.807, 2.05) is 0 Å². The molecule has 0 fully saturated rings. The van der Waals surface area contributed by atoms with Crippen molar-refractivity contribution in [3.05, 3.63) is 20.2 Å². The third kappa shape index (κ3) is 8.18. The van der Waals surface area contributed by atoms with Crippen molar-refractivity contribution in [2.45, 2.75) is 26.9 Å². The summed E-state index contributed by atoms with van der Waals surface area (Å²) in [7, 11) is 0. The van der Waals surface area contributed by atoms with E-state index in [1.165, 1.54) is 0 Å². The van der Waals surface area contributed by atoms with E-state index < -0.39 is 34.3 Å². The van der Waals surface area contributed by atoms with Gasteiger partial charge in [0.2, 0.25) is 0 Å². The van der Waals surface area contributed by atoms with Crippen LogP contribution in [0.4, 0.5) is 0 Å². The lowest BCUT2D eigenvalue weighted by Crippen LogP contribution is -2.33. The summed E-state index contributed by atoms with van der Waals surface area (Å²) in [6, 6.07) is 0. The summed E-state index contributed by atoms with van der Waals surface area (Å²) in [5, 5.41) is 41.1. The highest BCUT2D eigenvalue weighted by molar-refractivity contribution is 5.63. The van der Waals surface area contributed by atoms with Crippen molar-refractivity contribution in [3.63, 3.8) is 0 Å². The van der Waals surface area contributed by atoms with Gasteiger partial charge in [-0.2, -0.15) is 0 Å². The maximum atomic E-state index is 10.1. The van der Waals surface area contributed by atoms with Gasteiger partial charge in [0.25, 0.3) is 0 Å². The van der Waals surface area contributed by atoms with E-state index in [2.05, 4.69) is 14.9 Å². The lowest BCUT2D eigenvalue weighted by atomic mass is 9.95. The Morgan fingerprint density at radius 2 is 1.57 bits per heavy atom. The summed E-state index contributed by atoms with van der Waals surface area (Å²) in [5.41, 5.74) is 0. The molecule has 0 radical (unpaired) electrons. The van der Waals surface area contributed by atoms with Crippen molar-refractivity contribution in [1.82, 2.24) is 0 Å². The average molecular weight is 308 g/mol. The Kier molecular flexibility index (Phi) is 7.42. The molecule has 0 aromatic rings. The normalized spacial score (nSPS) is 15.4. The first-order chi connectivity index (χ1) is 9.63. The van der Waals surface area contributed by atoms with Crippen molar-refractivity contribution in [2.24, 2.45) is 22.0 Å².